The summed E-state index contributed by atoms with van der Waals surface area (Å²) >= 11 is 1.38. The first-order chi connectivity index (χ1) is 10.9. The number of hydrogen-bond donors (Lipinski definition) is 2. The summed E-state index contributed by atoms with van der Waals surface area (Å²) in [6, 6.07) is 3.41. The van der Waals surface area contributed by atoms with Gasteiger partial charge in [0.1, 0.15) is 0 Å². The van der Waals surface area contributed by atoms with Crippen molar-refractivity contribution in [1.29, 1.82) is 0 Å². The Hall–Kier alpha value is -1.99. The van der Waals surface area contributed by atoms with E-state index in [1.165, 1.54) is 11.3 Å². The average molecular weight is 332 g/mol. The van der Waals surface area contributed by atoms with Gasteiger partial charge in [-0.05, 0) is 38.8 Å². The number of pyridine rings is 1. The molecule has 23 heavy (non-hydrogen) atoms. The summed E-state index contributed by atoms with van der Waals surface area (Å²) in [6.07, 6.45) is 5.17. The fourth-order valence-electron chi connectivity index (χ4n) is 2.89. The van der Waals surface area contributed by atoms with Crippen LogP contribution in [0.15, 0.2) is 29.9 Å². The van der Waals surface area contributed by atoms with Crippen molar-refractivity contribution in [2.75, 3.05) is 11.9 Å². The van der Waals surface area contributed by atoms with E-state index in [2.05, 4.69) is 15.3 Å². The Kier molecular flexibility index (Phi) is 4.32. The number of likely N-dealkylation sites (tertiary alicyclic amines) is 1. The van der Waals surface area contributed by atoms with Gasteiger partial charge in [-0.2, -0.15) is 0 Å². The lowest BCUT2D eigenvalue weighted by atomic mass is 9.97. The highest BCUT2D eigenvalue weighted by molar-refractivity contribution is 7.14. The Morgan fingerprint density at radius 2 is 2.35 bits per heavy atom. The molecule has 1 aliphatic rings. The van der Waals surface area contributed by atoms with Gasteiger partial charge in [-0.25, -0.2) is 9.78 Å². The van der Waals surface area contributed by atoms with Crippen molar-refractivity contribution >= 4 is 22.5 Å². The van der Waals surface area contributed by atoms with Gasteiger partial charge in [-0.15, -0.1) is 11.3 Å². The predicted molar refractivity (Wildman–Crippen MR) is 90.4 cm³/mol. The zero-order valence-corrected chi connectivity index (χ0v) is 14.0. The van der Waals surface area contributed by atoms with E-state index in [1.807, 2.05) is 17.5 Å². The summed E-state index contributed by atoms with van der Waals surface area (Å²) in [6.45, 7) is 4.14. The van der Waals surface area contributed by atoms with Crippen LogP contribution in [-0.4, -0.2) is 44.2 Å². The largest absolute Gasteiger partial charge is 0.388 e. The zero-order valence-electron chi connectivity index (χ0n) is 13.2. The molecule has 2 N–H and O–H groups in total. The van der Waals surface area contributed by atoms with E-state index in [0.717, 1.165) is 24.1 Å². The summed E-state index contributed by atoms with van der Waals surface area (Å²) < 4.78 is 0. The first kappa shape index (κ1) is 15.9. The smallest absolute Gasteiger partial charge is 0.323 e. The Labute approximate surface area is 139 Å². The van der Waals surface area contributed by atoms with Gasteiger partial charge in [0.05, 0.1) is 17.3 Å². The fourth-order valence-corrected chi connectivity index (χ4v) is 3.59. The van der Waals surface area contributed by atoms with E-state index in [4.69, 9.17) is 0 Å². The molecule has 3 heterocycles. The number of carbonyl (C=O) groups excluding carboxylic acids is 1. The molecule has 1 saturated heterocycles. The summed E-state index contributed by atoms with van der Waals surface area (Å²) in [5.74, 6) is 0. The number of anilines is 1. The maximum Gasteiger partial charge on any atom is 0.323 e. The van der Waals surface area contributed by atoms with Crippen LogP contribution in [0, 0.1) is 0 Å². The van der Waals surface area contributed by atoms with Crippen LogP contribution < -0.4 is 5.32 Å². The average Bonchev–Trinajstić information content (AvgIpc) is 3.16. The molecule has 1 aliphatic heterocycles. The number of urea groups is 1. The van der Waals surface area contributed by atoms with Gasteiger partial charge in [0.2, 0.25) is 0 Å². The molecular weight excluding hydrogens is 312 g/mol. The molecule has 0 aromatic carbocycles. The Balaban J connectivity index is 1.70. The van der Waals surface area contributed by atoms with Crippen LogP contribution in [0.4, 0.5) is 9.93 Å². The number of nitrogens with zero attached hydrogens (tertiary/aromatic N) is 3. The molecule has 0 bridgehead atoms. The van der Waals surface area contributed by atoms with Gasteiger partial charge < -0.3 is 10.0 Å². The molecule has 2 amide bonds. The molecule has 1 unspecified atom stereocenters. The molecule has 7 heteroatoms. The second kappa shape index (κ2) is 6.25. The number of aromatic nitrogens is 2. The monoisotopic (exact) mass is 332 g/mol. The molecule has 122 valence electrons. The van der Waals surface area contributed by atoms with Crippen LogP contribution in [0.3, 0.4) is 0 Å². The highest BCUT2D eigenvalue weighted by Gasteiger charge is 2.38. The Morgan fingerprint density at radius 1 is 1.52 bits per heavy atom. The van der Waals surface area contributed by atoms with Gasteiger partial charge in [0, 0.05) is 29.9 Å². The van der Waals surface area contributed by atoms with Crippen molar-refractivity contribution in [3.05, 3.63) is 29.9 Å². The summed E-state index contributed by atoms with van der Waals surface area (Å²) in [4.78, 5) is 22.7. The minimum Gasteiger partial charge on any atom is -0.388 e. The van der Waals surface area contributed by atoms with Gasteiger partial charge in [-0.1, -0.05) is 0 Å². The summed E-state index contributed by atoms with van der Waals surface area (Å²) in [7, 11) is 0. The standard InChI is InChI=1S/C16H20N4O2S/c1-16(2,22)13-6-4-8-20(13)15(21)19-14-18-12(10-23-14)11-5-3-7-17-9-11/h3,5,7,9-10,13,22H,4,6,8H2,1-2H3,(H,18,19,21). The molecule has 0 aliphatic carbocycles. The number of aliphatic hydroxyl groups is 1. The Bertz CT molecular complexity index is 681. The number of thiazole rings is 1. The predicted octanol–water partition coefficient (Wildman–Crippen LogP) is 2.97. The van der Waals surface area contributed by atoms with Gasteiger partial charge in [-0.3, -0.25) is 10.3 Å². The van der Waals surface area contributed by atoms with Crippen molar-refractivity contribution in [2.24, 2.45) is 0 Å². The number of amides is 2. The number of rotatable bonds is 3. The Morgan fingerprint density at radius 3 is 3.04 bits per heavy atom. The lowest BCUT2D eigenvalue weighted by Crippen LogP contribution is -2.49. The van der Waals surface area contributed by atoms with E-state index in [1.54, 1.807) is 31.1 Å². The lowest BCUT2D eigenvalue weighted by molar-refractivity contribution is 0.0117. The van der Waals surface area contributed by atoms with Gasteiger partial charge >= 0.3 is 6.03 Å². The second-order valence-electron chi connectivity index (χ2n) is 6.21. The van der Waals surface area contributed by atoms with Crippen molar-refractivity contribution in [1.82, 2.24) is 14.9 Å². The molecule has 0 spiro atoms. The molecule has 1 atom stereocenters. The van der Waals surface area contributed by atoms with E-state index in [0.29, 0.717) is 11.7 Å². The molecule has 3 rings (SSSR count). The number of hydrogen-bond acceptors (Lipinski definition) is 5. The van der Waals surface area contributed by atoms with Crippen LogP contribution in [-0.2, 0) is 0 Å². The van der Waals surface area contributed by atoms with E-state index in [9.17, 15) is 9.90 Å². The molecular formula is C16H20N4O2S. The van der Waals surface area contributed by atoms with Crippen LogP contribution in [0.5, 0.6) is 0 Å². The minimum atomic E-state index is -0.905. The van der Waals surface area contributed by atoms with Crippen molar-refractivity contribution in [3.63, 3.8) is 0 Å². The maximum absolute atomic E-state index is 12.5. The van der Waals surface area contributed by atoms with Crippen molar-refractivity contribution in [2.45, 2.75) is 38.3 Å². The first-order valence-electron chi connectivity index (χ1n) is 7.61. The van der Waals surface area contributed by atoms with E-state index >= 15 is 0 Å². The summed E-state index contributed by atoms with van der Waals surface area (Å²) in [5.41, 5.74) is 0.802. The van der Waals surface area contributed by atoms with E-state index in [-0.39, 0.29) is 12.1 Å². The highest BCUT2D eigenvalue weighted by Crippen LogP contribution is 2.29. The molecule has 0 radical (unpaired) electrons. The number of nitrogens with one attached hydrogen (secondary N) is 1. The van der Waals surface area contributed by atoms with Crippen LogP contribution in [0.1, 0.15) is 26.7 Å². The molecule has 1 fully saturated rings. The quantitative estimate of drug-likeness (QED) is 0.906. The van der Waals surface area contributed by atoms with Gasteiger partial charge in [0.15, 0.2) is 5.13 Å². The van der Waals surface area contributed by atoms with Crippen molar-refractivity contribution in [3.8, 4) is 11.3 Å². The van der Waals surface area contributed by atoms with E-state index < -0.39 is 5.60 Å². The summed E-state index contributed by atoms with van der Waals surface area (Å²) in [5, 5.41) is 15.5. The fraction of sp³-hybridized carbons (Fsp3) is 0.438. The number of carbonyl (C=O) groups is 1. The maximum atomic E-state index is 12.5. The molecule has 0 saturated carbocycles. The van der Waals surface area contributed by atoms with Gasteiger partial charge in [0.25, 0.3) is 0 Å². The normalized spacial score (nSPS) is 18.2. The lowest BCUT2D eigenvalue weighted by Gasteiger charge is -2.33. The van der Waals surface area contributed by atoms with Crippen LogP contribution >= 0.6 is 11.3 Å². The third-order valence-electron chi connectivity index (χ3n) is 4.00. The zero-order chi connectivity index (χ0) is 16.4. The van der Waals surface area contributed by atoms with Crippen LogP contribution in [0.25, 0.3) is 11.3 Å². The molecule has 6 nitrogen and oxygen atoms in total. The molecule has 2 aromatic rings. The van der Waals surface area contributed by atoms with Crippen molar-refractivity contribution < 1.29 is 9.90 Å². The highest BCUT2D eigenvalue weighted by atomic mass is 32.1. The third-order valence-corrected chi connectivity index (χ3v) is 4.76. The third kappa shape index (κ3) is 3.51. The topological polar surface area (TPSA) is 78.4 Å². The SMILES string of the molecule is CC(C)(O)C1CCCN1C(=O)Nc1nc(-c2cccnc2)cs1. The first-order valence-corrected chi connectivity index (χ1v) is 8.49. The second-order valence-corrected chi connectivity index (χ2v) is 7.07. The molecule has 2 aromatic heterocycles. The van der Waals surface area contributed by atoms with Crippen LogP contribution in [0.2, 0.25) is 0 Å². The minimum absolute atomic E-state index is 0.166.